The largest absolute Gasteiger partial charge is 0.497 e. The molecule has 11 heteroatoms. The molecule has 0 heterocycles. The lowest BCUT2D eigenvalue weighted by Gasteiger charge is -2.15. The number of anilines is 2. The van der Waals surface area contributed by atoms with Crippen molar-refractivity contribution in [3.8, 4) is 5.75 Å². The van der Waals surface area contributed by atoms with Gasteiger partial charge in [-0.3, -0.25) is 9.52 Å². The van der Waals surface area contributed by atoms with Crippen LogP contribution in [-0.2, 0) is 10.0 Å². The van der Waals surface area contributed by atoms with Crippen LogP contribution in [0.25, 0.3) is 0 Å². The van der Waals surface area contributed by atoms with Gasteiger partial charge in [0.2, 0.25) is 0 Å². The molecule has 0 saturated carbocycles. The number of nitrogens with two attached hydrogens (primary N) is 1. The van der Waals surface area contributed by atoms with Crippen LogP contribution in [0, 0.1) is 0 Å². The van der Waals surface area contributed by atoms with E-state index in [1.165, 1.54) is 55.6 Å². The zero-order valence-corrected chi connectivity index (χ0v) is 18.9. The van der Waals surface area contributed by atoms with Gasteiger partial charge in [0.05, 0.1) is 28.9 Å². The molecule has 0 aliphatic carbocycles. The number of methoxy groups -OCH3 is 1. The van der Waals surface area contributed by atoms with E-state index in [0.29, 0.717) is 11.3 Å². The van der Waals surface area contributed by atoms with Crippen molar-refractivity contribution in [2.75, 3.05) is 17.1 Å². The van der Waals surface area contributed by atoms with Gasteiger partial charge in [-0.25, -0.2) is 13.2 Å². The molecule has 33 heavy (non-hydrogen) atoms. The van der Waals surface area contributed by atoms with E-state index in [1.807, 2.05) is 0 Å². The second kappa shape index (κ2) is 9.67. The molecule has 0 aromatic heterocycles. The van der Waals surface area contributed by atoms with Gasteiger partial charge >= 0.3 is 5.97 Å². The Labute approximate surface area is 195 Å². The molecule has 170 valence electrons. The lowest BCUT2D eigenvalue weighted by molar-refractivity contribution is 0.0696. The highest BCUT2D eigenvalue weighted by atomic mass is 32.2. The maximum Gasteiger partial charge on any atom is 0.335 e. The van der Waals surface area contributed by atoms with Gasteiger partial charge in [0.25, 0.3) is 15.9 Å². The molecule has 0 aliphatic rings. The Morgan fingerprint density at radius 3 is 2.03 bits per heavy atom. The molecular weight excluding hydrogens is 466 g/mol. The van der Waals surface area contributed by atoms with Gasteiger partial charge in [-0.15, -0.1) is 0 Å². The highest BCUT2D eigenvalue weighted by Crippen LogP contribution is 2.27. The van der Waals surface area contributed by atoms with E-state index in [9.17, 15) is 23.1 Å². The van der Waals surface area contributed by atoms with Crippen LogP contribution < -0.4 is 20.5 Å². The summed E-state index contributed by atoms with van der Waals surface area (Å²) >= 11 is 4.89. The molecule has 3 rings (SSSR count). The smallest absolute Gasteiger partial charge is 0.335 e. The Morgan fingerprint density at radius 2 is 1.48 bits per heavy atom. The molecule has 0 spiro atoms. The zero-order chi connectivity index (χ0) is 24.2. The molecule has 1 amide bonds. The fourth-order valence-electron chi connectivity index (χ4n) is 2.81. The minimum absolute atomic E-state index is 0.0699. The first-order valence-corrected chi connectivity index (χ1v) is 11.3. The molecule has 3 aromatic rings. The van der Waals surface area contributed by atoms with Crippen molar-refractivity contribution in [3.05, 3.63) is 83.4 Å². The average molecular weight is 486 g/mol. The topological polar surface area (TPSA) is 148 Å². The van der Waals surface area contributed by atoms with Crippen molar-refractivity contribution in [1.82, 2.24) is 0 Å². The molecule has 5 N–H and O–H groups in total. The molecule has 0 aliphatic heterocycles. The fraction of sp³-hybridized carbons (Fsp3) is 0.0455. The number of amides is 1. The number of nitrogens with one attached hydrogen (secondary N) is 2. The molecule has 0 atom stereocenters. The first-order valence-electron chi connectivity index (χ1n) is 9.36. The third-order valence-electron chi connectivity index (χ3n) is 4.56. The number of carboxylic acid groups (broad SMARTS) is 1. The predicted octanol–water partition coefficient (Wildman–Crippen LogP) is 3.08. The second-order valence-corrected chi connectivity index (χ2v) is 8.86. The van der Waals surface area contributed by atoms with E-state index in [-0.39, 0.29) is 32.4 Å². The van der Waals surface area contributed by atoms with Crippen molar-refractivity contribution in [2.24, 2.45) is 5.73 Å². The first kappa shape index (κ1) is 23.7. The highest BCUT2D eigenvalue weighted by molar-refractivity contribution is 7.92. The number of hydrogen-bond acceptors (Lipinski definition) is 6. The Hall–Kier alpha value is -3.96. The van der Waals surface area contributed by atoms with Gasteiger partial charge in [0, 0.05) is 11.1 Å². The van der Waals surface area contributed by atoms with Crippen molar-refractivity contribution in [2.45, 2.75) is 4.90 Å². The standard InChI is InChI=1S/C22H19N3O6S2/c1-31-16-7-9-17(10-8-16)33(29,30)25-19-12-15(22(27)28)6-11-18(19)24-21(26)14-4-2-13(3-5-14)20(23)32/h2-12,25H,1H3,(H2,23,32)(H,24,26)(H,27,28). The van der Waals surface area contributed by atoms with Gasteiger partial charge in [-0.05, 0) is 54.6 Å². The van der Waals surface area contributed by atoms with Crippen LogP contribution in [0.3, 0.4) is 0 Å². The summed E-state index contributed by atoms with van der Waals surface area (Å²) in [6, 6.07) is 15.5. The average Bonchev–Trinajstić information content (AvgIpc) is 2.79. The molecule has 0 fully saturated rings. The van der Waals surface area contributed by atoms with Crippen molar-refractivity contribution >= 4 is 50.5 Å². The number of carboxylic acids is 1. The summed E-state index contributed by atoms with van der Waals surface area (Å²) in [5, 5.41) is 11.9. The van der Waals surface area contributed by atoms with Crippen LogP contribution in [0.4, 0.5) is 11.4 Å². The molecule has 0 bridgehead atoms. The van der Waals surface area contributed by atoms with Crippen molar-refractivity contribution < 1.29 is 27.9 Å². The summed E-state index contributed by atoms with van der Waals surface area (Å²) in [6.07, 6.45) is 0. The fourth-order valence-corrected chi connectivity index (χ4v) is 4.02. The molecule has 0 radical (unpaired) electrons. The third kappa shape index (κ3) is 5.64. The van der Waals surface area contributed by atoms with Crippen LogP contribution >= 0.6 is 12.2 Å². The quantitative estimate of drug-likeness (QED) is 0.356. The van der Waals surface area contributed by atoms with Gasteiger partial charge < -0.3 is 20.9 Å². The lowest BCUT2D eigenvalue weighted by atomic mass is 10.1. The Bertz CT molecular complexity index is 1320. The Kier molecular flexibility index (Phi) is 6.95. The van der Waals surface area contributed by atoms with Gasteiger partial charge in [0.1, 0.15) is 10.7 Å². The van der Waals surface area contributed by atoms with E-state index < -0.39 is 21.9 Å². The number of carbonyl (C=O) groups excluding carboxylic acids is 1. The molecule has 0 unspecified atom stereocenters. The van der Waals surface area contributed by atoms with Crippen molar-refractivity contribution in [1.29, 1.82) is 0 Å². The Balaban J connectivity index is 1.93. The van der Waals surface area contributed by atoms with Crippen molar-refractivity contribution in [3.63, 3.8) is 0 Å². The molecule has 3 aromatic carbocycles. The van der Waals surface area contributed by atoms with E-state index in [1.54, 1.807) is 12.1 Å². The maximum atomic E-state index is 12.9. The number of rotatable bonds is 8. The van der Waals surface area contributed by atoms with E-state index in [4.69, 9.17) is 22.7 Å². The van der Waals surface area contributed by atoms with Gasteiger partial charge in [-0.2, -0.15) is 0 Å². The van der Waals surface area contributed by atoms with Crippen LogP contribution in [-0.4, -0.2) is 37.5 Å². The SMILES string of the molecule is COc1ccc(S(=O)(=O)Nc2cc(C(=O)O)ccc2NC(=O)c2ccc(C(N)=S)cc2)cc1. The normalized spacial score (nSPS) is 10.8. The summed E-state index contributed by atoms with van der Waals surface area (Å²) in [5.74, 6) is -1.33. The molecular formula is C22H19N3O6S2. The van der Waals surface area contributed by atoms with E-state index in [0.717, 1.165) is 6.07 Å². The number of benzene rings is 3. The first-order chi connectivity index (χ1) is 15.6. The van der Waals surface area contributed by atoms with Crippen LogP contribution in [0.15, 0.2) is 71.6 Å². The minimum atomic E-state index is -4.10. The van der Waals surface area contributed by atoms with Crippen LogP contribution in [0.1, 0.15) is 26.3 Å². The monoisotopic (exact) mass is 485 g/mol. The number of thiocarbonyl (C=S) groups is 1. The summed E-state index contributed by atoms with van der Waals surface area (Å²) in [7, 11) is -2.65. The van der Waals surface area contributed by atoms with Gasteiger partial charge in [0.15, 0.2) is 0 Å². The number of hydrogen-bond donors (Lipinski definition) is 4. The minimum Gasteiger partial charge on any atom is -0.497 e. The zero-order valence-electron chi connectivity index (χ0n) is 17.2. The second-order valence-electron chi connectivity index (χ2n) is 6.74. The molecule has 0 saturated heterocycles. The summed E-state index contributed by atoms with van der Waals surface area (Å²) in [6.45, 7) is 0. The van der Waals surface area contributed by atoms with Crippen LogP contribution in [0.5, 0.6) is 5.75 Å². The predicted molar refractivity (Wildman–Crippen MR) is 127 cm³/mol. The third-order valence-corrected chi connectivity index (χ3v) is 6.18. The molecule has 9 nitrogen and oxygen atoms in total. The Morgan fingerprint density at radius 1 is 0.909 bits per heavy atom. The number of carbonyl (C=O) groups is 2. The highest BCUT2D eigenvalue weighted by Gasteiger charge is 2.19. The van der Waals surface area contributed by atoms with Crippen LogP contribution in [0.2, 0.25) is 0 Å². The number of sulfonamides is 1. The summed E-state index contributed by atoms with van der Waals surface area (Å²) in [4.78, 5) is 24.2. The van der Waals surface area contributed by atoms with Gasteiger partial charge in [-0.1, -0.05) is 24.4 Å². The summed E-state index contributed by atoms with van der Waals surface area (Å²) < 4.78 is 33.1. The summed E-state index contributed by atoms with van der Waals surface area (Å²) in [5.41, 5.74) is 6.20. The van der Waals surface area contributed by atoms with E-state index >= 15 is 0 Å². The number of aromatic carboxylic acids is 1. The maximum absolute atomic E-state index is 12.9. The van der Waals surface area contributed by atoms with E-state index in [2.05, 4.69) is 10.0 Å². The number of ether oxygens (including phenoxy) is 1. The lowest BCUT2D eigenvalue weighted by Crippen LogP contribution is -2.18.